The molecular weight excluding hydrogens is 279 g/mol. The Bertz CT molecular complexity index is 614. The molecular formula is C15H14ClFN2O. The average molecular weight is 293 g/mol. The number of hydrogen-bond donors (Lipinski definition) is 2. The van der Waals surface area contributed by atoms with Crippen LogP contribution in [0.15, 0.2) is 42.5 Å². The summed E-state index contributed by atoms with van der Waals surface area (Å²) in [4.78, 5) is 12.0. The van der Waals surface area contributed by atoms with Crippen molar-refractivity contribution in [3.8, 4) is 0 Å². The molecule has 0 aliphatic rings. The number of nitrogen functional groups attached to an aromatic ring is 1. The van der Waals surface area contributed by atoms with Gasteiger partial charge in [-0.3, -0.25) is 4.79 Å². The van der Waals surface area contributed by atoms with Crippen LogP contribution in [-0.2, 0) is 6.42 Å². The fourth-order valence-corrected chi connectivity index (χ4v) is 2.00. The van der Waals surface area contributed by atoms with E-state index in [9.17, 15) is 9.18 Å². The van der Waals surface area contributed by atoms with Crippen LogP contribution < -0.4 is 11.1 Å². The van der Waals surface area contributed by atoms with Crippen molar-refractivity contribution in [2.24, 2.45) is 0 Å². The van der Waals surface area contributed by atoms with Crippen molar-refractivity contribution >= 4 is 23.2 Å². The molecule has 0 aliphatic carbocycles. The molecule has 3 nitrogen and oxygen atoms in total. The van der Waals surface area contributed by atoms with Crippen molar-refractivity contribution in [2.75, 3.05) is 12.3 Å². The second-order valence-electron chi connectivity index (χ2n) is 4.34. The van der Waals surface area contributed by atoms with E-state index >= 15 is 0 Å². The van der Waals surface area contributed by atoms with Crippen LogP contribution in [0.25, 0.3) is 0 Å². The van der Waals surface area contributed by atoms with Crippen molar-refractivity contribution in [1.29, 1.82) is 0 Å². The first-order chi connectivity index (χ1) is 9.58. The van der Waals surface area contributed by atoms with Crippen molar-refractivity contribution in [3.63, 3.8) is 0 Å². The van der Waals surface area contributed by atoms with Gasteiger partial charge >= 0.3 is 0 Å². The van der Waals surface area contributed by atoms with E-state index in [-0.39, 0.29) is 16.7 Å². The summed E-state index contributed by atoms with van der Waals surface area (Å²) in [6, 6.07) is 11.1. The van der Waals surface area contributed by atoms with E-state index in [4.69, 9.17) is 17.3 Å². The summed E-state index contributed by atoms with van der Waals surface area (Å²) in [5.41, 5.74) is 7.32. The number of carbonyl (C=O) groups is 1. The maximum absolute atomic E-state index is 12.7. The lowest BCUT2D eigenvalue weighted by molar-refractivity contribution is 0.0954. The fraction of sp³-hybridized carbons (Fsp3) is 0.133. The number of hydrogen-bond acceptors (Lipinski definition) is 2. The number of nitrogens with two attached hydrogens (primary N) is 1. The highest BCUT2D eigenvalue weighted by Gasteiger charge is 2.11. The van der Waals surface area contributed by atoms with Gasteiger partial charge in [-0.1, -0.05) is 29.8 Å². The minimum atomic E-state index is -0.274. The third-order valence-corrected chi connectivity index (χ3v) is 3.31. The summed E-state index contributed by atoms with van der Waals surface area (Å²) in [6.07, 6.45) is 0.617. The topological polar surface area (TPSA) is 55.1 Å². The van der Waals surface area contributed by atoms with Gasteiger partial charge in [0.1, 0.15) is 5.82 Å². The number of halogens is 2. The molecule has 0 spiro atoms. The summed E-state index contributed by atoms with van der Waals surface area (Å²) >= 11 is 5.97. The number of amides is 1. The summed E-state index contributed by atoms with van der Waals surface area (Å²) in [7, 11) is 0. The van der Waals surface area contributed by atoms with Gasteiger partial charge in [-0.2, -0.15) is 0 Å². The fourth-order valence-electron chi connectivity index (χ4n) is 1.79. The molecule has 0 saturated heterocycles. The molecule has 0 bridgehead atoms. The SMILES string of the molecule is Nc1cccc(C(=O)NCCc2ccc(F)cc2)c1Cl. The van der Waals surface area contributed by atoms with Gasteiger partial charge in [-0.05, 0) is 36.2 Å². The van der Waals surface area contributed by atoms with E-state index in [0.717, 1.165) is 5.56 Å². The Balaban J connectivity index is 1.92. The molecule has 0 aromatic heterocycles. The summed E-state index contributed by atoms with van der Waals surface area (Å²) < 4.78 is 12.7. The molecule has 0 radical (unpaired) electrons. The third kappa shape index (κ3) is 3.48. The number of rotatable bonds is 4. The molecule has 20 heavy (non-hydrogen) atoms. The summed E-state index contributed by atoms with van der Waals surface area (Å²) in [5, 5.41) is 3.01. The van der Waals surface area contributed by atoms with Crippen LogP contribution in [0.1, 0.15) is 15.9 Å². The molecule has 3 N–H and O–H groups in total. The highest BCUT2D eigenvalue weighted by Crippen LogP contribution is 2.22. The lowest BCUT2D eigenvalue weighted by Crippen LogP contribution is -2.26. The van der Waals surface area contributed by atoms with Gasteiger partial charge in [0.2, 0.25) is 0 Å². The Morgan fingerprint density at radius 3 is 2.60 bits per heavy atom. The first kappa shape index (κ1) is 14.3. The molecule has 104 valence electrons. The summed E-state index contributed by atoms with van der Waals surface area (Å²) in [6.45, 7) is 0.440. The Kier molecular flexibility index (Phi) is 4.58. The standard InChI is InChI=1S/C15H14ClFN2O/c16-14-12(2-1-3-13(14)18)15(20)19-9-8-10-4-6-11(17)7-5-10/h1-7H,8-9,18H2,(H,19,20). The van der Waals surface area contributed by atoms with E-state index in [1.54, 1.807) is 30.3 Å². The lowest BCUT2D eigenvalue weighted by Gasteiger charge is -2.08. The van der Waals surface area contributed by atoms with Crippen molar-refractivity contribution in [1.82, 2.24) is 5.32 Å². The predicted octanol–water partition coefficient (Wildman–Crippen LogP) is 3.03. The average Bonchev–Trinajstić information content (AvgIpc) is 2.44. The highest BCUT2D eigenvalue weighted by atomic mass is 35.5. The number of carbonyl (C=O) groups excluding carboxylic acids is 1. The molecule has 0 heterocycles. The Hall–Kier alpha value is -2.07. The zero-order chi connectivity index (χ0) is 14.5. The molecule has 2 aromatic carbocycles. The quantitative estimate of drug-likeness (QED) is 0.851. The van der Waals surface area contributed by atoms with Gasteiger partial charge in [0.25, 0.3) is 5.91 Å². The molecule has 2 aromatic rings. The highest BCUT2D eigenvalue weighted by molar-refractivity contribution is 6.36. The van der Waals surface area contributed by atoms with Gasteiger partial charge in [0, 0.05) is 6.54 Å². The monoisotopic (exact) mass is 292 g/mol. The molecule has 0 atom stereocenters. The van der Waals surface area contributed by atoms with Crippen molar-refractivity contribution in [2.45, 2.75) is 6.42 Å². The maximum Gasteiger partial charge on any atom is 0.252 e. The second kappa shape index (κ2) is 6.39. The van der Waals surface area contributed by atoms with E-state index in [0.29, 0.717) is 24.2 Å². The molecule has 0 unspecified atom stereocenters. The van der Waals surface area contributed by atoms with Gasteiger partial charge < -0.3 is 11.1 Å². The predicted molar refractivity (Wildman–Crippen MR) is 78.3 cm³/mol. The van der Waals surface area contributed by atoms with Gasteiger partial charge in [-0.25, -0.2) is 4.39 Å². The smallest absolute Gasteiger partial charge is 0.252 e. The first-order valence-electron chi connectivity index (χ1n) is 6.14. The van der Waals surface area contributed by atoms with Crippen LogP contribution in [0.2, 0.25) is 5.02 Å². The number of benzene rings is 2. The van der Waals surface area contributed by atoms with Crippen LogP contribution in [0.4, 0.5) is 10.1 Å². The zero-order valence-electron chi connectivity index (χ0n) is 10.7. The second-order valence-corrected chi connectivity index (χ2v) is 4.72. The normalized spacial score (nSPS) is 10.3. The van der Waals surface area contributed by atoms with Gasteiger partial charge in [0.05, 0.1) is 16.3 Å². The number of anilines is 1. The molecule has 5 heteroatoms. The third-order valence-electron chi connectivity index (χ3n) is 2.89. The van der Waals surface area contributed by atoms with Crippen molar-refractivity contribution < 1.29 is 9.18 Å². The molecule has 2 rings (SSSR count). The van der Waals surface area contributed by atoms with E-state index < -0.39 is 0 Å². The molecule has 1 amide bonds. The van der Waals surface area contributed by atoms with E-state index in [2.05, 4.69) is 5.32 Å². The minimum absolute atomic E-state index is 0.256. The maximum atomic E-state index is 12.7. The van der Waals surface area contributed by atoms with Crippen LogP contribution in [0, 0.1) is 5.82 Å². The van der Waals surface area contributed by atoms with Crippen LogP contribution in [-0.4, -0.2) is 12.5 Å². The molecule has 0 saturated carbocycles. The molecule has 0 fully saturated rings. The lowest BCUT2D eigenvalue weighted by atomic mass is 10.1. The van der Waals surface area contributed by atoms with Gasteiger partial charge in [-0.15, -0.1) is 0 Å². The number of nitrogens with one attached hydrogen (secondary N) is 1. The Morgan fingerprint density at radius 1 is 1.20 bits per heavy atom. The summed E-state index contributed by atoms with van der Waals surface area (Å²) in [5.74, 6) is -0.547. The van der Waals surface area contributed by atoms with Crippen molar-refractivity contribution in [3.05, 3.63) is 64.4 Å². The van der Waals surface area contributed by atoms with E-state index in [1.165, 1.54) is 12.1 Å². The van der Waals surface area contributed by atoms with E-state index in [1.807, 2.05) is 0 Å². The zero-order valence-corrected chi connectivity index (χ0v) is 11.5. The van der Waals surface area contributed by atoms with Gasteiger partial charge in [0.15, 0.2) is 0 Å². The minimum Gasteiger partial charge on any atom is -0.398 e. The van der Waals surface area contributed by atoms with Crippen LogP contribution in [0.5, 0.6) is 0 Å². The van der Waals surface area contributed by atoms with Crippen LogP contribution >= 0.6 is 11.6 Å². The molecule has 0 aliphatic heterocycles. The largest absolute Gasteiger partial charge is 0.398 e. The Morgan fingerprint density at radius 2 is 1.90 bits per heavy atom. The first-order valence-corrected chi connectivity index (χ1v) is 6.52. The van der Waals surface area contributed by atoms with Crippen LogP contribution in [0.3, 0.4) is 0 Å². The Labute approximate surface area is 121 Å².